The molecular weight excluding hydrogens is 605 g/mol. The van der Waals surface area contributed by atoms with E-state index in [-0.39, 0.29) is 0 Å². The van der Waals surface area contributed by atoms with Gasteiger partial charge in [0.15, 0.2) is 0 Å². The molecule has 2 aromatic heterocycles. The first kappa shape index (κ1) is 28.2. The molecule has 0 saturated carbocycles. The molecule has 0 saturated heterocycles. The van der Waals surface area contributed by atoms with Gasteiger partial charge in [0.25, 0.3) is 0 Å². The van der Waals surface area contributed by atoms with Gasteiger partial charge in [0.2, 0.25) is 0 Å². The van der Waals surface area contributed by atoms with Crippen molar-refractivity contribution in [3.63, 3.8) is 0 Å². The summed E-state index contributed by atoms with van der Waals surface area (Å²) in [5, 5.41) is 5.33. The van der Waals surface area contributed by atoms with Gasteiger partial charge in [-0.25, -0.2) is 0 Å². The Balaban J connectivity index is 1.16. The predicted molar refractivity (Wildman–Crippen MR) is 208 cm³/mol. The zero-order valence-corrected chi connectivity index (χ0v) is 28.2. The molecule has 47 heavy (non-hydrogen) atoms. The molecule has 224 valence electrons. The molecule has 7 aromatic carbocycles. The predicted octanol–water partition coefficient (Wildman–Crippen LogP) is 14.0. The molecule has 2 heteroatoms. The van der Waals surface area contributed by atoms with Crippen LogP contribution < -0.4 is 0 Å². The second-order valence-electron chi connectivity index (χ2n) is 12.6. The van der Waals surface area contributed by atoms with Crippen LogP contribution in [-0.2, 0) is 0 Å². The van der Waals surface area contributed by atoms with Crippen LogP contribution in [0.1, 0.15) is 16.7 Å². The van der Waals surface area contributed by atoms with E-state index in [4.69, 9.17) is 0 Å². The van der Waals surface area contributed by atoms with E-state index >= 15 is 0 Å². The molecule has 0 fully saturated rings. The second kappa shape index (κ2) is 11.1. The fraction of sp³-hybridized carbons (Fsp3) is 0.0667. The van der Waals surface area contributed by atoms with Crippen LogP contribution in [-0.4, -0.2) is 0 Å². The summed E-state index contributed by atoms with van der Waals surface area (Å²) < 4.78 is 5.39. The normalized spacial score (nSPS) is 11.7. The summed E-state index contributed by atoms with van der Waals surface area (Å²) in [7, 11) is 0. The summed E-state index contributed by atoms with van der Waals surface area (Å²) >= 11 is 3.81. The Morgan fingerprint density at radius 3 is 1.21 bits per heavy atom. The minimum atomic E-state index is 1.27. The highest BCUT2D eigenvalue weighted by Crippen LogP contribution is 2.45. The standard InChI is InChI=1S/C45H32S2/c1-27-11-4-6-13-32(27)36-17-9-19-38-40-25-30(21-23-42(40)46-44(36)38)34-15-8-16-35(29(34)3)31-22-24-43-41(26-31)39-20-10-18-37(45(39)47-43)33-14-7-5-12-28(33)2/h4-26H,1-3H3. The van der Waals surface area contributed by atoms with E-state index in [1.807, 2.05) is 22.7 Å². The van der Waals surface area contributed by atoms with Gasteiger partial charge < -0.3 is 0 Å². The highest BCUT2D eigenvalue weighted by Gasteiger charge is 2.16. The van der Waals surface area contributed by atoms with E-state index in [2.05, 4.69) is 160 Å². The van der Waals surface area contributed by atoms with Crippen LogP contribution in [0.3, 0.4) is 0 Å². The first-order valence-corrected chi connectivity index (χ1v) is 17.8. The van der Waals surface area contributed by atoms with Crippen molar-refractivity contribution >= 4 is 63.0 Å². The van der Waals surface area contributed by atoms with Gasteiger partial charge in [-0.1, -0.05) is 115 Å². The Bertz CT molecular complexity index is 2480. The summed E-state index contributed by atoms with van der Waals surface area (Å²) in [6, 6.07) is 51.8. The Labute approximate surface area is 283 Å². The Morgan fingerprint density at radius 2 is 0.745 bits per heavy atom. The van der Waals surface area contributed by atoms with Gasteiger partial charge in [0.1, 0.15) is 0 Å². The van der Waals surface area contributed by atoms with Gasteiger partial charge in [0.05, 0.1) is 0 Å². The molecule has 0 amide bonds. The van der Waals surface area contributed by atoms with Crippen molar-refractivity contribution in [1.29, 1.82) is 0 Å². The van der Waals surface area contributed by atoms with Crippen molar-refractivity contribution in [2.24, 2.45) is 0 Å². The Kier molecular flexibility index (Phi) is 6.64. The van der Waals surface area contributed by atoms with Crippen molar-refractivity contribution in [3.05, 3.63) is 156 Å². The van der Waals surface area contributed by atoms with Gasteiger partial charge >= 0.3 is 0 Å². The lowest BCUT2D eigenvalue weighted by molar-refractivity contribution is 1.45. The summed E-state index contributed by atoms with van der Waals surface area (Å²) in [4.78, 5) is 0. The molecule has 0 aliphatic heterocycles. The Morgan fingerprint density at radius 1 is 0.340 bits per heavy atom. The number of aryl methyl sites for hydroxylation is 2. The van der Waals surface area contributed by atoms with Crippen molar-refractivity contribution in [2.75, 3.05) is 0 Å². The highest BCUT2D eigenvalue weighted by atomic mass is 32.1. The number of hydrogen-bond acceptors (Lipinski definition) is 2. The Hall–Kier alpha value is -5.02. The van der Waals surface area contributed by atoms with Crippen LogP contribution in [0, 0.1) is 20.8 Å². The largest absolute Gasteiger partial charge is 0.135 e. The number of rotatable bonds is 4. The van der Waals surface area contributed by atoms with E-state index < -0.39 is 0 Å². The molecule has 9 aromatic rings. The van der Waals surface area contributed by atoms with Gasteiger partial charge in [0, 0.05) is 40.3 Å². The highest BCUT2D eigenvalue weighted by molar-refractivity contribution is 7.26. The van der Waals surface area contributed by atoms with E-state index in [0.717, 1.165) is 0 Å². The fourth-order valence-electron chi connectivity index (χ4n) is 7.37. The molecule has 0 radical (unpaired) electrons. The summed E-state index contributed by atoms with van der Waals surface area (Å²) in [6.07, 6.45) is 0. The molecular formula is C45H32S2. The minimum absolute atomic E-state index is 1.27. The lowest BCUT2D eigenvalue weighted by Gasteiger charge is -2.13. The van der Waals surface area contributed by atoms with Crippen LogP contribution in [0.2, 0.25) is 0 Å². The third-order valence-electron chi connectivity index (χ3n) is 9.82. The maximum atomic E-state index is 2.41. The first-order chi connectivity index (χ1) is 23.0. The zero-order chi connectivity index (χ0) is 31.6. The quantitative estimate of drug-likeness (QED) is 0.180. The third-order valence-corrected chi connectivity index (χ3v) is 12.3. The molecule has 0 nitrogen and oxygen atoms in total. The lowest BCUT2D eigenvalue weighted by atomic mass is 9.91. The molecule has 0 aliphatic carbocycles. The lowest BCUT2D eigenvalue weighted by Crippen LogP contribution is -1.88. The maximum absolute atomic E-state index is 2.41. The van der Waals surface area contributed by atoms with Crippen molar-refractivity contribution in [2.45, 2.75) is 20.8 Å². The number of hydrogen-bond donors (Lipinski definition) is 0. The second-order valence-corrected chi connectivity index (χ2v) is 14.7. The van der Waals surface area contributed by atoms with Gasteiger partial charge in [-0.3, -0.25) is 0 Å². The van der Waals surface area contributed by atoms with E-state index in [0.29, 0.717) is 0 Å². The average molecular weight is 637 g/mol. The molecule has 0 unspecified atom stereocenters. The summed E-state index contributed by atoms with van der Waals surface area (Å²) in [5.41, 5.74) is 14.3. The van der Waals surface area contributed by atoms with E-state index in [9.17, 15) is 0 Å². The van der Waals surface area contributed by atoms with Crippen molar-refractivity contribution in [1.82, 2.24) is 0 Å². The molecule has 9 rings (SSSR count). The average Bonchev–Trinajstić information content (AvgIpc) is 3.67. The minimum Gasteiger partial charge on any atom is -0.135 e. The van der Waals surface area contributed by atoms with Crippen LogP contribution in [0.4, 0.5) is 0 Å². The molecule has 0 spiro atoms. The van der Waals surface area contributed by atoms with Gasteiger partial charge in [-0.05, 0) is 106 Å². The first-order valence-electron chi connectivity index (χ1n) is 16.2. The molecule has 2 heterocycles. The van der Waals surface area contributed by atoms with Crippen molar-refractivity contribution in [3.8, 4) is 44.5 Å². The molecule has 0 atom stereocenters. The number of benzene rings is 7. The summed E-state index contributed by atoms with van der Waals surface area (Å²) in [6.45, 7) is 6.69. The smallest absolute Gasteiger partial charge is 0.0433 e. The number of fused-ring (bicyclic) bond motifs is 6. The topological polar surface area (TPSA) is 0 Å². The van der Waals surface area contributed by atoms with E-state index in [1.165, 1.54) is 102 Å². The molecule has 0 aliphatic rings. The van der Waals surface area contributed by atoms with Crippen LogP contribution in [0.5, 0.6) is 0 Å². The van der Waals surface area contributed by atoms with Crippen LogP contribution in [0.25, 0.3) is 84.9 Å². The van der Waals surface area contributed by atoms with E-state index in [1.54, 1.807) is 0 Å². The molecule has 0 N–H and O–H groups in total. The van der Waals surface area contributed by atoms with Crippen LogP contribution >= 0.6 is 22.7 Å². The van der Waals surface area contributed by atoms with Gasteiger partial charge in [-0.15, -0.1) is 22.7 Å². The SMILES string of the molecule is Cc1ccccc1-c1cccc2c1sc1ccc(-c3cccc(-c4ccc5sc6c(-c7ccccc7C)cccc6c5c4)c3C)cc12. The zero-order valence-electron chi connectivity index (χ0n) is 26.6. The third kappa shape index (κ3) is 4.55. The fourth-order valence-corrected chi connectivity index (χ4v) is 9.79. The number of thiophene rings is 2. The maximum Gasteiger partial charge on any atom is 0.0433 e. The van der Waals surface area contributed by atoms with Crippen LogP contribution in [0.15, 0.2) is 140 Å². The molecule has 0 bridgehead atoms. The van der Waals surface area contributed by atoms with Crippen molar-refractivity contribution < 1.29 is 0 Å². The van der Waals surface area contributed by atoms with Gasteiger partial charge in [-0.2, -0.15) is 0 Å². The summed E-state index contributed by atoms with van der Waals surface area (Å²) in [5.74, 6) is 0. The monoisotopic (exact) mass is 636 g/mol.